The lowest BCUT2D eigenvalue weighted by Gasteiger charge is -2.24. The van der Waals surface area contributed by atoms with Crippen LogP contribution in [0.15, 0.2) is 18.2 Å². The minimum Gasteiger partial charge on any atom is -0.497 e. The van der Waals surface area contributed by atoms with Crippen molar-refractivity contribution in [2.75, 3.05) is 26.1 Å². The fraction of sp³-hybridized carbons (Fsp3) is 0.500. The van der Waals surface area contributed by atoms with Crippen LogP contribution in [0.1, 0.15) is 12.8 Å². The van der Waals surface area contributed by atoms with Crippen LogP contribution >= 0.6 is 0 Å². The first-order chi connectivity index (χ1) is 7.79. The molecule has 0 aromatic heterocycles. The van der Waals surface area contributed by atoms with E-state index in [1.807, 2.05) is 12.1 Å². The maximum atomic E-state index is 5.88. The summed E-state index contributed by atoms with van der Waals surface area (Å²) < 4.78 is 16.2. The topological polar surface area (TPSA) is 53.7 Å². The van der Waals surface area contributed by atoms with Crippen molar-refractivity contribution in [3.8, 4) is 11.5 Å². The molecule has 1 fully saturated rings. The molecule has 0 unspecified atom stereocenters. The first kappa shape index (κ1) is 11.1. The number of ether oxygens (including phenoxy) is 3. The molecule has 2 rings (SSSR count). The van der Waals surface area contributed by atoms with Gasteiger partial charge in [-0.1, -0.05) is 0 Å². The van der Waals surface area contributed by atoms with E-state index in [1.165, 1.54) is 0 Å². The van der Waals surface area contributed by atoms with Gasteiger partial charge < -0.3 is 19.9 Å². The fourth-order valence-electron chi connectivity index (χ4n) is 1.73. The standard InChI is InChI=1S/C12H17NO3/c1-14-10-2-3-12(11(13)8-10)16-9-4-6-15-7-5-9/h2-3,8-9H,4-7,13H2,1H3. The Labute approximate surface area is 95.3 Å². The van der Waals surface area contributed by atoms with Crippen LogP contribution in [-0.2, 0) is 4.74 Å². The van der Waals surface area contributed by atoms with E-state index >= 15 is 0 Å². The molecule has 1 aromatic carbocycles. The Kier molecular flexibility index (Phi) is 3.51. The molecular formula is C12H17NO3. The molecule has 88 valence electrons. The number of rotatable bonds is 3. The average molecular weight is 223 g/mol. The minimum absolute atomic E-state index is 0.212. The molecule has 0 aliphatic carbocycles. The van der Waals surface area contributed by atoms with Gasteiger partial charge in [-0.15, -0.1) is 0 Å². The minimum atomic E-state index is 0.212. The molecule has 2 N–H and O–H groups in total. The summed E-state index contributed by atoms with van der Waals surface area (Å²) in [6.45, 7) is 1.53. The van der Waals surface area contributed by atoms with Crippen molar-refractivity contribution in [3.05, 3.63) is 18.2 Å². The second-order valence-corrected chi connectivity index (χ2v) is 3.83. The first-order valence-electron chi connectivity index (χ1n) is 5.47. The number of anilines is 1. The van der Waals surface area contributed by atoms with Gasteiger partial charge in [0.1, 0.15) is 17.6 Å². The lowest BCUT2D eigenvalue weighted by atomic mass is 10.1. The predicted octanol–water partition coefficient (Wildman–Crippen LogP) is 1.84. The summed E-state index contributed by atoms with van der Waals surface area (Å²) in [5, 5.41) is 0. The van der Waals surface area contributed by atoms with Gasteiger partial charge in [0, 0.05) is 18.9 Å². The Morgan fingerprint density at radius 2 is 2.06 bits per heavy atom. The third kappa shape index (κ3) is 2.58. The summed E-state index contributed by atoms with van der Waals surface area (Å²) in [6, 6.07) is 5.48. The molecule has 1 saturated heterocycles. The molecule has 0 amide bonds. The molecule has 4 nitrogen and oxygen atoms in total. The second-order valence-electron chi connectivity index (χ2n) is 3.83. The summed E-state index contributed by atoms with van der Waals surface area (Å²) >= 11 is 0. The lowest BCUT2D eigenvalue weighted by molar-refractivity contribution is 0.0258. The third-order valence-electron chi connectivity index (χ3n) is 2.68. The predicted molar refractivity (Wildman–Crippen MR) is 61.9 cm³/mol. The average Bonchev–Trinajstić information content (AvgIpc) is 2.33. The van der Waals surface area contributed by atoms with Crippen molar-refractivity contribution in [1.82, 2.24) is 0 Å². The normalized spacial score (nSPS) is 17.1. The zero-order valence-corrected chi connectivity index (χ0v) is 9.44. The van der Waals surface area contributed by atoms with Gasteiger partial charge in [0.05, 0.1) is 26.0 Å². The Balaban J connectivity index is 2.03. The van der Waals surface area contributed by atoms with Crippen LogP contribution in [-0.4, -0.2) is 26.4 Å². The van der Waals surface area contributed by atoms with Gasteiger partial charge in [0.2, 0.25) is 0 Å². The largest absolute Gasteiger partial charge is 0.497 e. The SMILES string of the molecule is COc1ccc(OC2CCOCC2)c(N)c1. The van der Waals surface area contributed by atoms with Crippen molar-refractivity contribution < 1.29 is 14.2 Å². The van der Waals surface area contributed by atoms with E-state index < -0.39 is 0 Å². The highest BCUT2D eigenvalue weighted by atomic mass is 16.5. The molecule has 1 aromatic rings. The summed E-state index contributed by atoms with van der Waals surface area (Å²) in [4.78, 5) is 0. The molecule has 0 atom stereocenters. The van der Waals surface area contributed by atoms with Gasteiger partial charge in [-0.3, -0.25) is 0 Å². The van der Waals surface area contributed by atoms with Crippen LogP contribution < -0.4 is 15.2 Å². The van der Waals surface area contributed by atoms with E-state index in [4.69, 9.17) is 19.9 Å². The van der Waals surface area contributed by atoms with Crippen molar-refractivity contribution >= 4 is 5.69 Å². The van der Waals surface area contributed by atoms with E-state index in [2.05, 4.69) is 0 Å². The molecule has 0 spiro atoms. The zero-order valence-electron chi connectivity index (χ0n) is 9.44. The highest BCUT2D eigenvalue weighted by Crippen LogP contribution is 2.28. The highest BCUT2D eigenvalue weighted by molar-refractivity contribution is 5.56. The molecular weight excluding hydrogens is 206 g/mol. The quantitative estimate of drug-likeness (QED) is 0.794. The maximum Gasteiger partial charge on any atom is 0.142 e. The molecule has 1 aliphatic heterocycles. The smallest absolute Gasteiger partial charge is 0.142 e. The van der Waals surface area contributed by atoms with Crippen molar-refractivity contribution in [1.29, 1.82) is 0 Å². The third-order valence-corrected chi connectivity index (χ3v) is 2.68. The monoisotopic (exact) mass is 223 g/mol. The lowest BCUT2D eigenvalue weighted by Crippen LogP contribution is -2.26. The fourth-order valence-corrected chi connectivity index (χ4v) is 1.73. The highest BCUT2D eigenvalue weighted by Gasteiger charge is 2.16. The van der Waals surface area contributed by atoms with Crippen LogP contribution in [0.2, 0.25) is 0 Å². The van der Waals surface area contributed by atoms with E-state index in [9.17, 15) is 0 Å². The summed E-state index contributed by atoms with van der Waals surface area (Å²) in [5.41, 5.74) is 6.49. The number of hydrogen-bond acceptors (Lipinski definition) is 4. The Morgan fingerprint density at radius 3 is 2.69 bits per heavy atom. The van der Waals surface area contributed by atoms with Crippen molar-refractivity contribution in [2.45, 2.75) is 18.9 Å². The van der Waals surface area contributed by atoms with Crippen LogP contribution in [0, 0.1) is 0 Å². The molecule has 16 heavy (non-hydrogen) atoms. The van der Waals surface area contributed by atoms with Gasteiger partial charge in [0.25, 0.3) is 0 Å². The molecule has 0 bridgehead atoms. The maximum absolute atomic E-state index is 5.88. The summed E-state index contributed by atoms with van der Waals surface area (Å²) in [5.74, 6) is 1.48. The van der Waals surface area contributed by atoms with E-state index in [1.54, 1.807) is 13.2 Å². The number of nitrogens with two attached hydrogens (primary N) is 1. The van der Waals surface area contributed by atoms with Crippen LogP contribution in [0.25, 0.3) is 0 Å². The zero-order chi connectivity index (χ0) is 11.4. The number of benzene rings is 1. The summed E-state index contributed by atoms with van der Waals surface area (Å²) in [6.07, 6.45) is 2.06. The van der Waals surface area contributed by atoms with Crippen molar-refractivity contribution in [3.63, 3.8) is 0 Å². The Hall–Kier alpha value is -1.42. The molecule has 4 heteroatoms. The van der Waals surface area contributed by atoms with Gasteiger partial charge >= 0.3 is 0 Å². The molecule has 0 radical (unpaired) electrons. The van der Waals surface area contributed by atoms with E-state index in [0.717, 1.165) is 37.6 Å². The van der Waals surface area contributed by atoms with Gasteiger partial charge in [-0.2, -0.15) is 0 Å². The van der Waals surface area contributed by atoms with Crippen LogP contribution in [0.3, 0.4) is 0 Å². The van der Waals surface area contributed by atoms with E-state index in [0.29, 0.717) is 5.69 Å². The molecule has 0 saturated carbocycles. The van der Waals surface area contributed by atoms with Crippen LogP contribution in [0.4, 0.5) is 5.69 Å². The first-order valence-corrected chi connectivity index (χ1v) is 5.47. The Bertz CT molecular complexity index is 348. The second kappa shape index (κ2) is 5.07. The number of hydrogen-bond donors (Lipinski definition) is 1. The summed E-state index contributed by atoms with van der Waals surface area (Å²) in [7, 11) is 1.62. The van der Waals surface area contributed by atoms with Gasteiger partial charge in [-0.05, 0) is 12.1 Å². The molecule has 1 aliphatic rings. The number of methoxy groups -OCH3 is 1. The molecule has 1 heterocycles. The Morgan fingerprint density at radius 1 is 1.31 bits per heavy atom. The van der Waals surface area contributed by atoms with Crippen molar-refractivity contribution in [2.24, 2.45) is 0 Å². The van der Waals surface area contributed by atoms with Gasteiger partial charge in [0.15, 0.2) is 0 Å². The van der Waals surface area contributed by atoms with Gasteiger partial charge in [-0.25, -0.2) is 0 Å². The van der Waals surface area contributed by atoms with Crippen LogP contribution in [0.5, 0.6) is 11.5 Å². The van der Waals surface area contributed by atoms with E-state index in [-0.39, 0.29) is 6.10 Å². The number of nitrogen functional groups attached to an aromatic ring is 1.